The van der Waals surface area contributed by atoms with Crippen LogP contribution in [0.3, 0.4) is 0 Å². The van der Waals surface area contributed by atoms with Gasteiger partial charge in [-0.15, -0.1) is 0 Å². The Morgan fingerprint density at radius 2 is 0.494 bits per heavy atom. The molecule has 0 saturated carbocycles. The van der Waals surface area contributed by atoms with E-state index in [1.807, 2.05) is 0 Å². The lowest BCUT2D eigenvalue weighted by Gasteiger charge is -2.18. The molecule has 0 aliphatic rings. The van der Waals surface area contributed by atoms with Crippen LogP contribution in [0.2, 0.25) is 0 Å². The van der Waals surface area contributed by atoms with Crippen molar-refractivity contribution in [3.8, 4) is 0 Å². The third-order valence-electron chi connectivity index (χ3n) is 14.9. The molecule has 0 bridgehead atoms. The highest BCUT2D eigenvalue weighted by atomic mass is 16.6. The zero-order valence-electron chi connectivity index (χ0n) is 52.4. The molecule has 0 aromatic carbocycles. The predicted molar refractivity (Wildman–Crippen MR) is 344 cm³/mol. The average Bonchev–Trinajstić information content (AvgIpc) is 3.45. The molecule has 79 heavy (non-hydrogen) atoms. The van der Waals surface area contributed by atoms with Crippen molar-refractivity contribution in [1.29, 1.82) is 0 Å². The van der Waals surface area contributed by atoms with E-state index in [-0.39, 0.29) is 31.1 Å². The third kappa shape index (κ3) is 65.3. The predicted octanol–water partition coefficient (Wildman–Crippen LogP) is 23.4. The van der Waals surface area contributed by atoms with Gasteiger partial charge in [0.05, 0.1) is 0 Å². The van der Waals surface area contributed by atoms with Gasteiger partial charge in [0.2, 0.25) is 0 Å². The molecule has 1 unspecified atom stereocenters. The second-order valence-corrected chi connectivity index (χ2v) is 22.7. The summed E-state index contributed by atoms with van der Waals surface area (Å²) in [5.41, 5.74) is 0. The van der Waals surface area contributed by atoms with Crippen LogP contribution in [-0.4, -0.2) is 37.2 Å². The summed E-state index contributed by atoms with van der Waals surface area (Å²) in [5, 5.41) is 0. The van der Waals surface area contributed by atoms with Gasteiger partial charge in [-0.25, -0.2) is 0 Å². The van der Waals surface area contributed by atoms with E-state index >= 15 is 0 Å². The van der Waals surface area contributed by atoms with Crippen LogP contribution in [0.4, 0.5) is 0 Å². The Balaban J connectivity index is 4.20. The zero-order chi connectivity index (χ0) is 57.1. The quantitative estimate of drug-likeness (QED) is 0.0261. The fourth-order valence-corrected chi connectivity index (χ4v) is 9.80. The van der Waals surface area contributed by atoms with E-state index in [0.29, 0.717) is 19.3 Å². The second kappa shape index (κ2) is 67.1. The van der Waals surface area contributed by atoms with Crippen LogP contribution in [0, 0.1) is 0 Å². The van der Waals surface area contributed by atoms with Gasteiger partial charge in [-0.05, 0) is 96.3 Å². The largest absolute Gasteiger partial charge is 0.462 e. The highest BCUT2D eigenvalue weighted by Crippen LogP contribution is 2.17. The maximum absolute atomic E-state index is 12.9. The first-order valence-electron chi connectivity index (χ1n) is 34.1. The number of rotatable bonds is 62. The number of hydrogen-bond donors (Lipinski definition) is 0. The fourth-order valence-electron chi connectivity index (χ4n) is 9.80. The Kier molecular flexibility index (Phi) is 64.2. The lowest BCUT2D eigenvalue weighted by molar-refractivity contribution is -0.167. The number of unbranched alkanes of at least 4 members (excludes halogenated alkanes) is 37. The molecule has 0 spiro atoms. The van der Waals surface area contributed by atoms with Crippen LogP contribution in [0.25, 0.3) is 0 Å². The van der Waals surface area contributed by atoms with Crippen molar-refractivity contribution in [2.75, 3.05) is 13.2 Å². The second-order valence-electron chi connectivity index (χ2n) is 22.7. The average molecular weight is 1100 g/mol. The maximum atomic E-state index is 12.9. The van der Waals surface area contributed by atoms with Crippen LogP contribution < -0.4 is 0 Å². The van der Waals surface area contributed by atoms with Crippen molar-refractivity contribution in [3.63, 3.8) is 0 Å². The van der Waals surface area contributed by atoms with E-state index in [1.54, 1.807) is 0 Å². The fraction of sp³-hybridized carbons (Fsp3) is 0.767. The Hall–Kier alpha value is -3.41. The molecule has 0 aromatic heterocycles. The molecule has 0 radical (unpaired) electrons. The number of ether oxygens (including phenoxy) is 3. The van der Waals surface area contributed by atoms with Crippen molar-refractivity contribution in [3.05, 3.63) is 85.1 Å². The van der Waals surface area contributed by atoms with Crippen LogP contribution in [-0.2, 0) is 28.6 Å². The summed E-state index contributed by atoms with van der Waals surface area (Å²) in [5.74, 6) is -0.872. The molecule has 1 atom stereocenters. The van der Waals surface area contributed by atoms with Crippen LogP contribution in [0.1, 0.15) is 342 Å². The first-order valence-corrected chi connectivity index (χ1v) is 34.1. The first-order chi connectivity index (χ1) is 39.0. The molecule has 6 nitrogen and oxygen atoms in total. The summed E-state index contributed by atoms with van der Waals surface area (Å²) in [4.78, 5) is 38.3. The van der Waals surface area contributed by atoms with Gasteiger partial charge in [0.15, 0.2) is 6.10 Å². The van der Waals surface area contributed by atoms with E-state index in [2.05, 4.69) is 106 Å². The molecule has 0 aliphatic carbocycles. The van der Waals surface area contributed by atoms with Crippen molar-refractivity contribution in [2.45, 2.75) is 348 Å². The highest BCUT2D eigenvalue weighted by molar-refractivity contribution is 5.71. The summed E-state index contributed by atoms with van der Waals surface area (Å²) < 4.78 is 16.9. The minimum absolute atomic E-state index is 0.0756. The van der Waals surface area contributed by atoms with E-state index in [0.717, 1.165) is 103 Å². The topological polar surface area (TPSA) is 78.9 Å². The van der Waals surface area contributed by atoms with E-state index < -0.39 is 6.10 Å². The maximum Gasteiger partial charge on any atom is 0.306 e. The Labute approximate surface area is 490 Å². The number of carbonyl (C=O) groups excluding carboxylic acids is 3. The molecular formula is C73H128O6. The Bertz CT molecular complexity index is 1500. The van der Waals surface area contributed by atoms with Gasteiger partial charge in [0.1, 0.15) is 13.2 Å². The Morgan fingerprint density at radius 1 is 0.266 bits per heavy atom. The molecule has 0 N–H and O–H groups in total. The molecule has 0 aliphatic heterocycles. The summed E-state index contributed by atoms with van der Waals surface area (Å²) in [6.07, 6.45) is 89.0. The molecule has 456 valence electrons. The van der Waals surface area contributed by atoms with E-state index in [9.17, 15) is 14.4 Å². The number of esters is 3. The monoisotopic (exact) mass is 1100 g/mol. The molecule has 0 saturated heterocycles. The number of hydrogen-bond acceptors (Lipinski definition) is 6. The first kappa shape index (κ1) is 75.6. The summed E-state index contributed by atoms with van der Waals surface area (Å²) in [7, 11) is 0. The lowest BCUT2D eigenvalue weighted by Crippen LogP contribution is -2.30. The zero-order valence-corrected chi connectivity index (χ0v) is 52.4. The van der Waals surface area contributed by atoms with Gasteiger partial charge in [0.25, 0.3) is 0 Å². The molecule has 0 fully saturated rings. The highest BCUT2D eigenvalue weighted by Gasteiger charge is 2.19. The van der Waals surface area contributed by atoms with Gasteiger partial charge >= 0.3 is 17.9 Å². The Morgan fingerprint density at radius 3 is 0.785 bits per heavy atom. The van der Waals surface area contributed by atoms with Gasteiger partial charge in [-0.1, -0.05) is 311 Å². The van der Waals surface area contributed by atoms with Crippen molar-refractivity contribution < 1.29 is 28.6 Å². The summed E-state index contributed by atoms with van der Waals surface area (Å²) in [6, 6.07) is 0. The van der Waals surface area contributed by atoms with Gasteiger partial charge in [0, 0.05) is 19.3 Å². The minimum Gasteiger partial charge on any atom is -0.462 e. The minimum atomic E-state index is -0.778. The normalized spacial score (nSPS) is 12.6. The van der Waals surface area contributed by atoms with Crippen molar-refractivity contribution >= 4 is 17.9 Å². The van der Waals surface area contributed by atoms with Gasteiger partial charge < -0.3 is 14.2 Å². The van der Waals surface area contributed by atoms with Gasteiger partial charge in [-0.2, -0.15) is 0 Å². The van der Waals surface area contributed by atoms with E-state index in [1.165, 1.54) is 199 Å². The van der Waals surface area contributed by atoms with E-state index in [4.69, 9.17) is 14.2 Å². The summed E-state index contributed by atoms with van der Waals surface area (Å²) >= 11 is 0. The number of carbonyl (C=O) groups is 3. The lowest BCUT2D eigenvalue weighted by atomic mass is 10.0. The van der Waals surface area contributed by atoms with Crippen LogP contribution in [0.15, 0.2) is 85.1 Å². The third-order valence-corrected chi connectivity index (χ3v) is 14.9. The molecular weight excluding hydrogens is 973 g/mol. The molecule has 6 heteroatoms. The van der Waals surface area contributed by atoms with Gasteiger partial charge in [-0.3, -0.25) is 14.4 Å². The molecule has 0 rings (SSSR count). The smallest absolute Gasteiger partial charge is 0.306 e. The molecule has 0 heterocycles. The van der Waals surface area contributed by atoms with Crippen molar-refractivity contribution in [1.82, 2.24) is 0 Å². The molecule has 0 amide bonds. The molecule has 0 aromatic rings. The SMILES string of the molecule is CC/C=C\C/C=C\C/C=C\C/C=C\C/C=C\C/C=C\CCCCCCCCCCC(=O)OCC(COC(=O)CCCCCCCCCCC)OC(=O)CCCCCCCCCCCCCCC/C=C\CCCCCCCCCC. The standard InChI is InChI=1S/C73H128O6/c1-4-7-10-13-16-19-21-23-25-27-29-31-33-35-36-38-39-41-43-45-47-49-51-54-57-60-63-66-72(75)78-69-70(68-77-71(74)65-62-59-56-53-18-15-12-9-6-3)79-73(76)67-64-61-58-55-52-50-48-46-44-42-40-37-34-32-30-28-26-24-22-20-17-14-11-8-5-2/h7,10,16,19,23,25,28-31,35-36,39,41,70H,4-6,8-9,11-15,17-18,20-22,24,26-27,32-34,37-38,40,42-69H2,1-3H3/b10-7-,19-16-,25-23-,30-28-,31-29-,36-35-,41-39-. The number of allylic oxidation sites excluding steroid dienone is 14. The summed E-state index contributed by atoms with van der Waals surface area (Å²) in [6.45, 7) is 6.54. The van der Waals surface area contributed by atoms with Crippen molar-refractivity contribution in [2.24, 2.45) is 0 Å². The van der Waals surface area contributed by atoms with Crippen LogP contribution in [0.5, 0.6) is 0 Å². The van der Waals surface area contributed by atoms with Crippen LogP contribution >= 0.6 is 0 Å².